The molecule has 0 radical (unpaired) electrons. The second kappa shape index (κ2) is 12.8. The van der Waals surface area contributed by atoms with Crippen LogP contribution in [0.25, 0.3) is 0 Å². The van der Waals surface area contributed by atoms with E-state index in [1.165, 1.54) is 30.3 Å². The Morgan fingerprint density at radius 2 is 1.72 bits per heavy atom. The molecule has 1 heterocycles. The van der Waals surface area contributed by atoms with Crippen LogP contribution in [0.2, 0.25) is 0 Å². The molecule has 11 heteroatoms. The van der Waals surface area contributed by atoms with Gasteiger partial charge in [-0.25, -0.2) is 4.79 Å². The first-order valence-corrected chi connectivity index (χ1v) is 14.5. The van der Waals surface area contributed by atoms with Crippen molar-refractivity contribution in [2.45, 2.75) is 37.5 Å². The molecule has 1 fully saturated rings. The molecule has 0 aromatic heterocycles. The van der Waals surface area contributed by atoms with E-state index in [4.69, 9.17) is 9.79 Å². The van der Waals surface area contributed by atoms with Gasteiger partial charge < -0.3 is 24.7 Å². The summed E-state index contributed by atoms with van der Waals surface area (Å²) in [6, 6.07) is 15.8. The average molecular weight is 541 g/mol. The Hall–Kier alpha value is -2.23. The smallest absolute Gasteiger partial charge is 0.335 e. The number of hydrogen-bond acceptors (Lipinski definition) is 4. The minimum absolute atomic E-state index is 0.222. The highest BCUT2D eigenvalue weighted by Gasteiger charge is 2.40. The second-order valence-electron chi connectivity index (χ2n) is 8.64. The lowest BCUT2D eigenvalue weighted by Gasteiger charge is -2.23. The van der Waals surface area contributed by atoms with Crippen LogP contribution in [0.5, 0.6) is 0 Å². The standard InChI is InChI=1S/C25H31F2N2O5PS/c26-25(27,21-11-5-2-6-12-21)23(30)14-13-22-18-28(17-20-9-3-1-4-10-20)24(31)29(22)15-7-8-16-36-19-35(32,33)34/h1-6,9-14,22-23,30H,7-8,15-19H2,(H2,32,33,34)/b14-13+/t22-,23?/m0/s1. The van der Waals surface area contributed by atoms with E-state index in [1.807, 2.05) is 30.3 Å². The zero-order chi connectivity index (χ0) is 26.2. The van der Waals surface area contributed by atoms with Crippen molar-refractivity contribution in [3.05, 3.63) is 83.9 Å². The number of carbonyl (C=O) groups is 1. The maximum atomic E-state index is 14.7. The Morgan fingerprint density at radius 3 is 2.36 bits per heavy atom. The summed E-state index contributed by atoms with van der Waals surface area (Å²) in [5, 5.41) is 10.3. The summed E-state index contributed by atoms with van der Waals surface area (Å²) in [7, 11) is -4.05. The molecule has 1 aliphatic rings. The molecule has 0 bridgehead atoms. The van der Waals surface area contributed by atoms with E-state index in [2.05, 4.69) is 0 Å². The van der Waals surface area contributed by atoms with Crippen molar-refractivity contribution < 1.29 is 33.0 Å². The van der Waals surface area contributed by atoms with Gasteiger partial charge in [-0.05, 0) is 24.2 Å². The van der Waals surface area contributed by atoms with Gasteiger partial charge in [-0.3, -0.25) is 4.57 Å². The fourth-order valence-electron chi connectivity index (χ4n) is 3.94. The molecule has 2 atom stereocenters. The highest BCUT2D eigenvalue weighted by molar-refractivity contribution is 8.04. The van der Waals surface area contributed by atoms with Crippen molar-refractivity contribution in [1.29, 1.82) is 0 Å². The predicted octanol–water partition coefficient (Wildman–Crippen LogP) is 4.65. The van der Waals surface area contributed by atoms with Crippen LogP contribution in [0, 0.1) is 0 Å². The number of hydrogen-bond donors (Lipinski definition) is 3. The number of amides is 2. The number of nitrogens with zero attached hydrogens (tertiary/aromatic N) is 2. The Bertz CT molecular complexity index is 1050. The lowest BCUT2D eigenvalue weighted by molar-refractivity contribution is -0.0929. The van der Waals surface area contributed by atoms with Gasteiger partial charge in [-0.1, -0.05) is 72.8 Å². The number of thioether (sulfide) groups is 1. The fraction of sp³-hybridized carbons (Fsp3) is 0.400. The van der Waals surface area contributed by atoms with Gasteiger partial charge in [0, 0.05) is 25.2 Å². The molecule has 196 valence electrons. The van der Waals surface area contributed by atoms with Gasteiger partial charge in [0.05, 0.1) is 11.5 Å². The first-order valence-electron chi connectivity index (χ1n) is 11.6. The largest absolute Gasteiger partial charge is 0.382 e. The van der Waals surface area contributed by atoms with Gasteiger partial charge >= 0.3 is 19.5 Å². The molecule has 1 aliphatic heterocycles. The summed E-state index contributed by atoms with van der Waals surface area (Å²) < 4.78 is 40.4. The number of aliphatic hydroxyl groups excluding tert-OH is 1. The third-order valence-corrected chi connectivity index (χ3v) is 8.44. The van der Waals surface area contributed by atoms with E-state index >= 15 is 0 Å². The molecule has 3 N–H and O–H groups in total. The Labute approximate surface area is 214 Å². The third kappa shape index (κ3) is 8.15. The van der Waals surface area contributed by atoms with Crippen LogP contribution in [0.15, 0.2) is 72.8 Å². The molecule has 1 unspecified atom stereocenters. The number of alkyl halides is 2. The molecule has 7 nitrogen and oxygen atoms in total. The summed E-state index contributed by atoms with van der Waals surface area (Å²) in [4.78, 5) is 34.3. The monoisotopic (exact) mass is 540 g/mol. The second-order valence-corrected chi connectivity index (χ2v) is 11.8. The molecule has 3 rings (SSSR count). The molecular weight excluding hydrogens is 509 g/mol. The van der Waals surface area contributed by atoms with Crippen LogP contribution in [0.1, 0.15) is 24.0 Å². The molecule has 2 amide bonds. The minimum Gasteiger partial charge on any atom is -0.382 e. The molecule has 36 heavy (non-hydrogen) atoms. The molecule has 2 aromatic carbocycles. The van der Waals surface area contributed by atoms with Gasteiger partial charge in [0.1, 0.15) is 6.10 Å². The van der Waals surface area contributed by atoms with Crippen LogP contribution < -0.4 is 0 Å². The van der Waals surface area contributed by atoms with Crippen LogP contribution in [0.3, 0.4) is 0 Å². The van der Waals surface area contributed by atoms with E-state index in [-0.39, 0.29) is 17.1 Å². The van der Waals surface area contributed by atoms with Gasteiger partial charge in [0.2, 0.25) is 0 Å². The van der Waals surface area contributed by atoms with Crippen molar-refractivity contribution in [2.24, 2.45) is 0 Å². The third-order valence-electron chi connectivity index (χ3n) is 5.78. The minimum atomic E-state index is -4.05. The molecule has 0 saturated carbocycles. The van der Waals surface area contributed by atoms with Crippen LogP contribution >= 0.6 is 19.4 Å². The van der Waals surface area contributed by atoms with Crippen molar-refractivity contribution in [3.63, 3.8) is 0 Å². The van der Waals surface area contributed by atoms with Crippen molar-refractivity contribution in [3.8, 4) is 0 Å². The number of urea groups is 1. The van der Waals surface area contributed by atoms with E-state index in [9.17, 15) is 23.2 Å². The lowest BCUT2D eigenvalue weighted by atomic mass is 10.0. The van der Waals surface area contributed by atoms with E-state index in [0.29, 0.717) is 38.2 Å². The number of benzene rings is 2. The van der Waals surface area contributed by atoms with Gasteiger partial charge in [0.25, 0.3) is 0 Å². The van der Waals surface area contributed by atoms with Gasteiger partial charge in [-0.15, -0.1) is 11.8 Å². The van der Waals surface area contributed by atoms with Crippen molar-refractivity contribution >= 4 is 25.4 Å². The Balaban J connectivity index is 1.66. The Morgan fingerprint density at radius 1 is 1.08 bits per heavy atom. The number of carbonyl (C=O) groups excluding carboxylic acids is 1. The van der Waals surface area contributed by atoms with E-state index < -0.39 is 25.7 Å². The maximum absolute atomic E-state index is 14.7. The summed E-state index contributed by atoms with van der Waals surface area (Å²) in [6.45, 7) is 1.03. The Kier molecular flexibility index (Phi) is 10.1. The maximum Gasteiger partial charge on any atom is 0.335 e. The number of unbranched alkanes of at least 4 members (excludes halogenated alkanes) is 1. The summed E-state index contributed by atoms with van der Waals surface area (Å²) in [6.07, 6.45) is 1.70. The number of rotatable bonds is 13. The molecule has 2 aromatic rings. The fourth-order valence-corrected chi connectivity index (χ4v) is 5.82. The zero-order valence-electron chi connectivity index (χ0n) is 19.7. The van der Waals surface area contributed by atoms with Gasteiger partial charge in [0.15, 0.2) is 0 Å². The summed E-state index contributed by atoms with van der Waals surface area (Å²) in [5.74, 6) is -2.95. The number of aliphatic hydroxyl groups is 1. The number of halogens is 2. The van der Waals surface area contributed by atoms with Crippen molar-refractivity contribution in [1.82, 2.24) is 9.80 Å². The van der Waals surface area contributed by atoms with E-state index in [1.54, 1.807) is 15.9 Å². The lowest BCUT2D eigenvalue weighted by Crippen LogP contribution is -2.35. The SMILES string of the molecule is O=C1N(Cc2ccccc2)C[C@H](/C=C/C(O)C(F)(F)c2ccccc2)N1CCCCSCP(=O)(O)O. The quantitative estimate of drug-likeness (QED) is 0.194. The van der Waals surface area contributed by atoms with Crippen LogP contribution in [-0.2, 0) is 17.0 Å². The van der Waals surface area contributed by atoms with Crippen LogP contribution in [-0.4, -0.2) is 67.2 Å². The van der Waals surface area contributed by atoms with Crippen molar-refractivity contribution in [2.75, 3.05) is 24.3 Å². The average Bonchev–Trinajstić information content (AvgIpc) is 3.14. The highest BCUT2D eigenvalue weighted by Crippen LogP contribution is 2.38. The first kappa shape index (κ1) is 28.3. The highest BCUT2D eigenvalue weighted by atomic mass is 32.2. The predicted molar refractivity (Wildman–Crippen MR) is 137 cm³/mol. The normalized spacial score (nSPS) is 17.8. The molecule has 1 saturated heterocycles. The topological polar surface area (TPSA) is 101 Å². The summed E-state index contributed by atoms with van der Waals surface area (Å²) >= 11 is 1.15. The first-order chi connectivity index (χ1) is 17.1. The van der Waals surface area contributed by atoms with Crippen LogP contribution in [0.4, 0.5) is 13.6 Å². The molecular formula is C25H31F2N2O5PS. The zero-order valence-corrected chi connectivity index (χ0v) is 21.4. The summed E-state index contributed by atoms with van der Waals surface area (Å²) in [5.41, 5.74) is 0.402. The molecule has 0 spiro atoms. The van der Waals surface area contributed by atoms with Gasteiger partial charge in [-0.2, -0.15) is 8.78 Å². The van der Waals surface area contributed by atoms with E-state index in [0.717, 1.165) is 23.4 Å². The molecule has 0 aliphatic carbocycles.